The molecule has 2 heterocycles. The maximum absolute atomic E-state index is 11.8. The minimum absolute atomic E-state index is 0.0111. The van der Waals surface area contributed by atoms with Crippen molar-refractivity contribution in [2.75, 3.05) is 20.1 Å². The smallest absolute Gasteiger partial charge is 0.251 e. The van der Waals surface area contributed by atoms with E-state index < -0.39 is 0 Å². The molecule has 19 heavy (non-hydrogen) atoms. The van der Waals surface area contributed by atoms with Crippen molar-refractivity contribution in [3.05, 3.63) is 30.1 Å². The Morgan fingerprint density at radius 3 is 2.37 bits per heavy atom. The van der Waals surface area contributed by atoms with Crippen LogP contribution in [0.15, 0.2) is 24.5 Å². The van der Waals surface area contributed by atoms with Gasteiger partial charge >= 0.3 is 0 Å². The minimum atomic E-state index is 0.0111. The molecule has 0 saturated carbocycles. The van der Waals surface area contributed by atoms with E-state index in [0.29, 0.717) is 11.6 Å². The summed E-state index contributed by atoms with van der Waals surface area (Å²) in [5.74, 6) is 0.0111. The lowest BCUT2D eigenvalue weighted by Crippen LogP contribution is -2.43. The first-order chi connectivity index (χ1) is 9.17. The molecule has 4 heteroatoms. The molecule has 4 nitrogen and oxygen atoms in total. The van der Waals surface area contributed by atoms with E-state index in [9.17, 15) is 4.79 Å². The highest BCUT2D eigenvalue weighted by molar-refractivity contribution is 5.94. The van der Waals surface area contributed by atoms with Gasteiger partial charge < -0.3 is 10.2 Å². The Labute approximate surface area is 116 Å². The molecular weight excluding hydrogens is 238 g/mol. The van der Waals surface area contributed by atoms with Crippen molar-refractivity contribution in [2.45, 2.75) is 39.2 Å². The van der Waals surface area contributed by atoms with Crippen LogP contribution in [0.2, 0.25) is 0 Å². The topological polar surface area (TPSA) is 45.2 Å². The van der Waals surface area contributed by atoms with Gasteiger partial charge in [-0.3, -0.25) is 9.78 Å². The van der Waals surface area contributed by atoms with Gasteiger partial charge in [-0.05, 0) is 45.1 Å². The van der Waals surface area contributed by atoms with E-state index in [1.165, 1.54) is 6.42 Å². The number of rotatable bonds is 2. The Kier molecular flexibility index (Phi) is 7.11. The van der Waals surface area contributed by atoms with Gasteiger partial charge in [-0.2, -0.15) is 0 Å². The number of nitrogens with one attached hydrogen (secondary N) is 1. The Hall–Kier alpha value is -1.42. The second-order valence-corrected chi connectivity index (χ2v) is 4.99. The molecule has 106 valence electrons. The first-order valence-corrected chi connectivity index (χ1v) is 7.06. The predicted molar refractivity (Wildman–Crippen MR) is 78.2 cm³/mol. The lowest BCUT2D eigenvalue weighted by molar-refractivity contribution is 0.0917. The molecule has 0 aliphatic carbocycles. The molecule has 1 fully saturated rings. The monoisotopic (exact) mass is 263 g/mol. The van der Waals surface area contributed by atoms with Crippen LogP contribution in [0.1, 0.15) is 43.5 Å². The summed E-state index contributed by atoms with van der Waals surface area (Å²) in [6.07, 6.45) is 6.60. The average molecular weight is 263 g/mol. The second-order valence-electron chi connectivity index (χ2n) is 4.99. The van der Waals surface area contributed by atoms with E-state index in [2.05, 4.69) is 36.1 Å². The summed E-state index contributed by atoms with van der Waals surface area (Å²) in [5, 5.41) is 3.06. The van der Waals surface area contributed by atoms with Gasteiger partial charge in [0.15, 0.2) is 0 Å². The molecule has 0 radical (unpaired) electrons. The van der Waals surface area contributed by atoms with Crippen molar-refractivity contribution in [1.82, 2.24) is 15.2 Å². The van der Waals surface area contributed by atoms with Gasteiger partial charge in [-0.25, -0.2) is 0 Å². The first-order valence-electron chi connectivity index (χ1n) is 7.06. The predicted octanol–water partition coefficient (Wildman–Crippen LogP) is 2.32. The molecule has 1 saturated heterocycles. The third-order valence-corrected chi connectivity index (χ3v) is 3.00. The lowest BCUT2D eigenvalue weighted by Gasteiger charge is -2.29. The number of hydrogen-bond donors (Lipinski definition) is 1. The van der Waals surface area contributed by atoms with Gasteiger partial charge in [-0.1, -0.05) is 20.3 Å². The minimum Gasteiger partial charge on any atom is -0.349 e. The largest absolute Gasteiger partial charge is 0.349 e. The van der Waals surface area contributed by atoms with Crippen LogP contribution in [0, 0.1) is 0 Å². The highest BCUT2D eigenvalue weighted by Gasteiger charge is 2.18. The highest BCUT2D eigenvalue weighted by Crippen LogP contribution is 2.09. The van der Waals surface area contributed by atoms with Gasteiger partial charge in [0.2, 0.25) is 0 Å². The fraction of sp³-hybridized carbons (Fsp3) is 0.600. The van der Waals surface area contributed by atoms with E-state index in [1.54, 1.807) is 24.5 Å². The van der Waals surface area contributed by atoms with Crippen LogP contribution in [0.3, 0.4) is 0 Å². The highest BCUT2D eigenvalue weighted by atomic mass is 16.1. The van der Waals surface area contributed by atoms with Gasteiger partial charge in [0, 0.05) is 24.0 Å². The number of aromatic nitrogens is 1. The van der Waals surface area contributed by atoms with Crippen LogP contribution in [0.4, 0.5) is 0 Å². The zero-order valence-electron chi connectivity index (χ0n) is 12.2. The van der Waals surface area contributed by atoms with E-state index in [-0.39, 0.29) is 5.91 Å². The zero-order chi connectivity index (χ0) is 14.1. The van der Waals surface area contributed by atoms with E-state index in [0.717, 1.165) is 25.9 Å². The number of carbonyl (C=O) groups is 1. The number of hydrogen-bond acceptors (Lipinski definition) is 3. The van der Waals surface area contributed by atoms with Crippen molar-refractivity contribution < 1.29 is 4.79 Å². The quantitative estimate of drug-likeness (QED) is 0.890. The molecule has 0 unspecified atom stereocenters. The van der Waals surface area contributed by atoms with Crippen molar-refractivity contribution >= 4 is 5.91 Å². The Morgan fingerprint density at radius 1 is 1.32 bits per heavy atom. The van der Waals surface area contributed by atoms with Gasteiger partial charge in [0.25, 0.3) is 5.91 Å². The molecule has 1 aromatic heterocycles. The number of nitrogens with zero attached hydrogens (tertiary/aromatic N) is 2. The van der Waals surface area contributed by atoms with Crippen LogP contribution in [-0.4, -0.2) is 42.0 Å². The molecular formula is C15H25N3O. The Morgan fingerprint density at radius 2 is 1.84 bits per heavy atom. The summed E-state index contributed by atoms with van der Waals surface area (Å²) in [4.78, 5) is 18.0. The van der Waals surface area contributed by atoms with Gasteiger partial charge in [0.1, 0.15) is 0 Å². The molecule has 0 spiro atoms. The number of pyridine rings is 1. The third-order valence-electron chi connectivity index (χ3n) is 3.00. The van der Waals surface area contributed by atoms with Crippen molar-refractivity contribution in [3.63, 3.8) is 0 Å². The Balaban J connectivity index is 0.000000550. The third kappa shape index (κ3) is 5.83. The van der Waals surface area contributed by atoms with Crippen LogP contribution in [-0.2, 0) is 0 Å². The summed E-state index contributed by atoms with van der Waals surface area (Å²) < 4.78 is 0. The number of piperidine rings is 1. The molecule has 1 aromatic rings. The molecule has 1 aliphatic rings. The molecule has 0 bridgehead atoms. The van der Waals surface area contributed by atoms with Crippen LogP contribution in [0.5, 0.6) is 0 Å². The summed E-state index contributed by atoms with van der Waals surface area (Å²) in [6.45, 7) is 6.36. The number of amides is 1. The fourth-order valence-corrected chi connectivity index (χ4v) is 1.92. The lowest BCUT2D eigenvalue weighted by atomic mass is 10.1. The maximum Gasteiger partial charge on any atom is 0.251 e. The molecule has 1 aliphatic heterocycles. The average Bonchev–Trinajstić information content (AvgIpc) is 2.43. The molecule has 2 rings (SSSR count). The summed E-state index contributed by atoms with van der Waals surface area (Å²) in [5.41, 5.74) is 0.689. The molecule has 0 aromatic carbocycles. The second kappa shape index (κ2) is 8.64. The van der Waals surface area contributed by atoms with Gasteiger partial charge in [-0.15, -0.1) is 0 Å². The zero-order valence-corrected chi connectivity index (χ0v) is 12.2. The van der Waals surface area contributed by atoms with Crippen LogP contribution >= 0.6 is 0 Å². The molecule has 0 atom stereocenters. The standard InChI is InChI=1S/C12H17N3O.C3H8/c1-15-8-4-11(5-9-15)14-12(16)10-2-6-13-7-3-10;1-3-2/h2-3,6-7,11H,4-5,8-9H2,1H3,(H,14,16);3H2,1-2H3. The SMILES string of the molecule is CCC.CN1CCC(NC(=O)c2ccncc2)CC1. The normalized spacial score (nSPS) is 16.4. The molecule has 1 N–H and O–H groups in total. The van der Waals surface area contributed by atoms with E-state index in [4.69, 9.17) is 0 Å². The van der Waals surface area contributed by atoms with Crippen LogP contribution in [0.25, 0.3) is 0 Å². The van der Waals surface area contributed by atoms with Crippen molar-refractivity contribution in [3.8, 4) is 0 Å². The molecule has 1 amide bonds. The van der Waals surface area contributed by atoms with Crippen molar-refractivity contribution in [2.24, 2.45) is 0 Å². The van der Waals surface area contributed by atoms with Crippen LogP contribution < -0.4 is 5.32 Å². The summed E-state index contributed by atoms with van der Waals surface area (Å²) in [6, 6.07) is 3.80. The van der Waals surface area contributed by atoms with E-state index in [1.807, 2.05) is 0 Å². The summed E-state index contributed by atoms with van der Waals surface area (Å²) >= 11 is 0. The maximum atomic E-state index is 11.8. The number of likely N-dealkylation sites (tertiary alicyclic amines) is 1. The van der Waals surface area contributed by atoms with Gasteiger partial charge in [0.05, 0.1) is 0 Å². The fourth-order valence-electron chi connectivity index (χ4n) is 1.92. The van der Waals surface area contributed by atoms with Crippen molar-refractivity contribution in [1.29, 1.82) is 0 Å². The Bertz CT molecular complexity index is 359. The summed E-state index contributed by atoms with van der Waals surface area (Å²) in [7, 11) is 2.11. The first kappa shape index (κ1) is 15.6. The van der Waals surface area contributed by atoms with E-state index >= 15 is 0 Å². The number of carbonyl (C=O) groups excluding carboxylic acids is 1.